The first-order valence-corrected chi connectivity index (χ1v) is 11.0. The van der Waals surface area contributed by atoms with E-state index in [4.69, 9.17) is 21.7 Å². The normalized spacial score (nSPS) is 15.7. The van der Waals surface area contributed by atoms with E-state index < -0.39 is 0 Å². The molecule has 1 aromatic heterocycles. The van der Waals surface area contributed by atoms with Crippen LogP contribution in [0.25, 0.3) is 5.69 Å². The third-order valence-electron chi connectivity index (χ3n) is 5.21. The third kappa shape index (κ3) is 3.78. The summed E-state index contributed by atoms with van der Waals surface area (Å²) in [7, 11) is 0. The molecule has 2 aliphatic heterocycles. The van der Waals surface area contributed by atoms with Crippen molar-refractivity contribution in [2.45, 2.75) is 26.7 Å². The van der Waals surface area contributed by atoms with Gasteiger partial charge in [-0.25, -0.2) is 0 Å². The Morgan fingerprint density at radius 3 is 2.57 bits per heavy atom. The zero-order valence-electron chi connectivity index (χ0n) is 16.2. The van der Waals surface area contributed by atoms with Crippen molar-refractivity contribution in [2.24, 2.45) is 0 Å². The maximum Gasteiger partial charge on any atom is 0.174 e. The molecule has 5 nitrogen and oxygen atoms in total. The SMILES string of the molecule is Cc1cc(C(=O)CSC(=S)N2CCCC2)c(C)n1-c1ccc2c(c1)OCCO2. The zero-order chi connectivity index (χ0) is 19.7. The Kier molecular flexibility index (Phi) is 5.64. The van der Waals surface area contributed by atoms with Crippen LogP contribution in [0.1, 0.15) is 34.6 Å². The van der Waals surface area contributed by atoms with Gasteiger partial charge in [-0.1, -0.05) is 24.0 Å². The standard InChI is InChI=1S/C21H24N2O3S2/c1-14-11-17(18(24)13-28-21(27)22-7-3-4-8-22)15(2)23(14)16-5-6-19-20(12-16)26-10-9-25-19/h5-6,11-12H,3-4,7-10,13H2,1-2H3. The van der Waals surface area contributed by atoms with E-state index in [1.807, 2.05) is 38.1 Å². The second kappa shape index (κ2) is 8.17. The van der Waals surface area contributed by atoms with Crippen molar-refractivity contribution >= 4 is 34.1 Å². The molecular weight excluding hydrogens is 392 g/mol. The van der Waals surface area contributed by atoms with Crippen LogP contribution in [-0.4, -0.2) is 51.6 Å². The predicted octanol–water partition coefficient (Wildman–Crippen LogP) is 4.16. The number of carbonyl (C=O) groups excluding carboxylic acids is 1. The number of aryl methyl sites for hydroxylation is 1. The van der Waals surface area contributed by atoms with Crippen LogP contribution in [0.3, 0.4) is 0 Å². The summed E-state index contributed by atoms with van der Waals surface area (Å²) in [6, 6.07) is 7.86. The number of aromatic nitrogens is 1. The zero-order valence-corrected chi connectivity index (χ0v) is 17.8. The van der Waals surface area contributed by atoms with Crippen LogP contribution in [0.2, 0.25) is 0 Å². The first kappa shape index (κ1) is 19.3. The fraction of sp³-hybridized carbons (Fsp3) is 0.429. The lowest BCUT2D eigenvalue weighted by molar-refractivity contribution is 0.102. The van der Waals surface area contributed by atoms with Crippen LogP contribution in [-0.2, 0) is 0 Å². The minimum Gasteiger partial charge on any atom is -0.486 e. The molecule has 4 rings (SSSR count). The molecule has 0 saturated carbocycles. The maximum atomic E-state index is 12.9. The number of ether oxygens (including phenoxy) is 2. The van der Waals surface area contributed by atoms with Gasteiger partial charge in [0.15, 0.2) is 17.3 Å². The Balaban J connectivity index is 1.52. The molecule has 0 spiro atoms. The molecule has 0 amide bonds. The number of nitrogens with zero attached hydrogens (tertiary/aromatic N) is 2. The van der Waals surface area contributed by atoms with Gasteiger partial charge in [0.25, 0.3) is 0 Å². The van der Waals surface area contributed by atoms with Gasteiger partial charge in [0, 0.05) is 41.8 Å². The molecule has 0 bridgehead atoms. The summed E-state index contributed by atoms with van der Waals surface area (Å²) in [6.45, 7) is 7.15. The number of fused-ring (bicyclic) bond motifs is 1. The fourth-order valence-electron chi connectivity index (χ4n) is 3.81. The highest BCUT2D eigenvalue weighted by Gasteiger charge is 2.21. The van der Waals surface area contributed by atoms with Gasteiger partial charge in [0.1, 0.15) is 17.5 Å². The van der Waals surface area contributed by atoms with Gasteiger partial charge in [-0.3, -0.25) is 4.79 Å². The lowest BCUT2D eigenvalue weighted by Gasteiger charge is -2.20. The van der Waals surface area contributed by atoms with Crippen molar-refractivity contribution in [3.8, 4) is 17.2 Å². The van der Waals surface area contributed by atoms with E-state index in [9.17, 15) is 4.79 Å². The van der Waals surface area contributed by atoms with Crippen molar-refractivity contribution < 1.29 is 14.3 Å². The summed E-state index contributed by atoms with van der Waals surface area (Å²) in [6.07, 6.45) is 2.37. The molecule has 0 aliphatic carbocycles. The second-order valence-corrected chi connectivity index (χ2v) is 8.73. The van der Waals surface area contributed by atoms with Crippen LogP contribution in [0.4, 0.5) is 0 Å². The summed E-state index contributed by atoms with van der Waals surface area (Å²) in [5.41, 5.74) is 3.68. The molecule has 1 aromatic carbocycles. The summed E-state index contributed by atoms with van der Waals surface area (Å²) in [5.74, 6) is 2.00. The first-order chi connectivity index (χ1) is 13.5. The molecule has 1 fully saturated rings. The fourth-order valence-corrected chi connectivity index (χ4v) is 4.94. The van der Waals surface area contributed by atoms with Crippen molar-refractivity contribution in [1.29, 1.82) is 0 Å². The average Bonchev–Trinajstić information content (AvgIpc) is 3.34. The second-order valence-electron chi connectivity index (χ2n) is 7.12. The number of hydrogen-bond donors (Lipinski definition) is 0. The number of carbonyl (C=O) groups is 1. The summed E-state index contributed by atoms with van der Waals surface area (Å²) in [5, 5.41) is 0. The number of benzene rings is 1. The number of ketones is 1. The molecule has 2 aliphatic rings. The Bertz CT molecular complexity index is 917. The monoisotopic (exact) mass is 416 g/mol. The average molecular weight is 417 g/mol. The lowest BCUT2D eigenvalue weighted by Crippen LogP contribution is -2.24. The predicted molar refractivity (Wildman–Crippen MR) is 116 cm³/mol. The molecule has 0 radical (unpaired) electrons. The Morgan fingerprint density at radius 2 is 1.82 bits per heavy atom. The van der Waals surface area contributed by atoms with Crippen LogP contribution in [0.15, 0.2) is 24.3 Å². The van der Waals surface area contributed by atoms with Crippen LogP contribution >= 0.6 is 24.0 Å². The van der Waals surface area contributed by atoms with Gasteiger partial charge in [0.05, 0.1) is 5.75 Å². The highest BCUT2D eigenvalue weighted by molar-refractivity contribution is 8.23. The van der Waals surface area contributed by atoms with Crippen molar-refractivity contribution in [1.82, 2.24) is 9.47 Å². The molecule has 0 unspecified atom stereocenters. The minimum atomic E-state index is 0.114. The molecule has 7 heteroatoms. The van der Waals surface area contributed by atoms with Gasteiger partial charge in [-0.2, -0.15) is 0 Å². The van der Waals surface area contributed by atoms with Gasteiger partial charge < -0.3 is 18.9 Å². The van der Waals surface area contributed by atoms with E-state index in [1.54, 1.807) is 0 Å². The Morgan fingerprint density at radius 1 is 1.11 bits per heavy atom. The van der Waals surface area contributed by atoms with Crippen LogP contribution in [0, 0.1) is 13.8 Å². The van der Waals surface area contributed by atoms with Crippen LogP contribution in [0.5, 0.6) is 11.5 Å². The highest BCUT2D eigenvalue weighted by atomic mass is 32.2. The van der Waals surface area contributed by atoms with E-state index in [0.717, 1.165) is 51.5 Å². The summed E-state index contributed by atoms with van der Waals surface area (Å²) >= 11 is 6.96. The molecule has 148 valence electrons. The summed E-state index contributed by atoms with van der Waals surface area (Å²) < 4.78 is 14.2. The Labute approximate surface area is 175 Å². The quantitative estimate of drug-likeness (QED) is 0.551. The first-order valence-electron chi connectivity index (χ1n) is 9.58. The van der Waals surface area contributed by atoms with Gasteiger partial charge in [-0.05, 0) is 44.9 Å². The van der Waals surface area contributed by atoms with Gasteiger partial charge in [-0.15, -0.1) is 0 Å². The minimum absolute atomic E-state index is 0.114. The Hall–Kier alpha value is -1.99. The van der Waals surface area contributed by atoms with Gasteiger partial charge >= 0.3 is 0 Å². The molecule has 3 heterocycles. The smallest absolute Gasteiger partial charge is 0.174 e. The lowest BCUT2D eigenvalue weighted by atomic mass is 10.2. The number of likely N-dealkylation sites (tertiary alicyclic amines) is 1. The van der Waals surface area contributed by atoms with Crippen molar-refractivity contribution in [2.75, 3.05) is 32.1 Å². The number of rotatable bonds is 4. The van der Waals surface area contributed by atoms with E-state index in [2.05, 4.69) is 9.47 Å². The van der Waals surface area contributed by atoms with Crippen molar-refractivity contribution in [3.63, 3.8) is 0 Å². The number of thiocarbonyl (C=S) groups is 1. The number of thioether (sulfide) groups is 1. The molecule has 1 saturated heterocycles. The summed E-state index contributed by atoms with van der Waals surface area (Å²) in [4.78, 5) is 15.1. The van der Waals surface area contributed by atoms with E-state index in [0.29, 0.717) is 19.0 Å². The highest BCUT2D eigenvalue weighted by Crippen LogP contribution is 2.33. The van der Waals surface area contributed by atoms with E-state index in [1.165, 1.54) is 24.6 Å². The molecular formula is C21H24N2O3S2. The largest absolute Gasteiger partial charge is 0.486 e. The molecule has 2 aromatic rings. The van der Waals surface area contributed by atoms with E-state index >= 15 is 0 Å². The van der Waals surface area contributed by atoms with E-state index in [-0.39, 0.29) is 5.78 Å². The van der Waals surface area contributed by atoms with Gasteiger partial charge in [0.2, 0.25) is 0 Å². The molecule has 28 heavy (non-hydrogen) atoms. The molecule has 0 N–H and O–H groups in total. The number of Topliss-reactive ketones (excluding diaryl/α,β-unsaturated/α-hetero) is 1. The third-order valence-corrected chi connectivity index (χ3v) is 6.73. The van der Waals surface area contributed by atoms with Crippen molar-refractivity contribution in [3.05, 3.63) is 41.2 Å². The topological polar surface area (TPSA) is 43.7 Å². The maximum absolute atomic E-state index is 12.9. The van der Waals surface area contributed by atoms with Crippen LogP contribution < -0.4 is 9.47 Å². The number of hydrogen-bond acceptors (Lipinski definition) is 5. The molecule has 0 atom stereocenters.